The van der Waals surface area contributed by atoms with E-state index in [1.165, 1.54) is 37.9 Å². The van der Waals surface area contributed by atoms with Gasteiger partial charge in [-0.1, -0.05) is 58.0 Å². The van der Waals surface area contributed by atoms with Crippen LogP contribution in [0.25, 0.3) is 0 Å². The molecule has 21 heavy (non-hydrogen) atoms. The van der Waals surface area contributed by atoms with Gasteiger partial charge in [0.2, 0.25) is 0 Å². The topological polar surface area (TPSA) is 29.3 Å². The van der Waals surface area contributed by atoms with E-state index in [2.05, 4.69) is 62.9 Å². The smallest absolute Gasteiger partial charge is 0.0359 e. The van der Waals surface area contributed by atoms with Gasteiger partial charge in [0, 0.05) is 19.1 Å². The molecule has 2 rings (SSSR count). The van der Waals surface area contributed by atoms with Gasteiger partial charge < -0.3 is 10.6 Å². The minimum absolute atomic E-state index is 0.0944. The third-order valence-corrected chi connectivity index (χ3v) is 5.65. The van der Waals surface area contributed by atoms with E-state index in [0.29, 0.717) is 5.41 Å². The third-order valence-electron chi connectivity index (χ3n) is 5.65. The molecule has 0 saturated carbocycles. The van der Waals surface area contributed by atoms with Crippen molar-refractivity contribution < 1.29 is 0 Å². The van der Waals surface area contributed by atoms with Crippen LogP contribution in [0.5, 0.6) is 0 Å². The van der Waals surface area contributed by atoms with Gasteiger partial charge in [-0.15, -0.1) is 0 Å². The Bertz CT molecular complexity index is 434. The predicted molar refractivity (Wildman–Crippen MR) is 91.2 cm³/mol. The Balaban J connectivity index is 2.02. The SMILES string of the molecule is CCC1(CC)CCN(CC(C)(C)C(N)c2ccccc2)C1. The summed E-state index contributed by atoms with van der Waals surface area (Å²) in [7, 11) is 0. The summed E-state index contributed by atoms with van der Waals surface area (Å²) in [5.74, 6) is 0. The molecule has 2 nitrogen and oxygen atoms in total. The summed E-state index contributed by atoms with van der Waals surface area (Å²) < 4.78 is 0. The van der Waals surface area contributed by atoms with Crippen LogP contribution in [0.2, 0.25) is 0 Å². The van der Waals surface area contributed by atoms with Crippen molar-refractivity contribution in [2.45, 2.75) is 53.0 Å². The van der Waals surface area contributed by atoms with Crippen molar-refractivity contribution in [3.8, 4) is 0 Å². The number of hydrogen-bond donors (Lipinski definition) is 1. The van der Waals surface area contributed by atoms with Crippen LogP contribution in [0.1, 0.15) is 58.6 Å². The molecule has 1 aromatic carbocycles. The molecule has 0 spiro atoms. The summed E-state index contributed by atoms with van der Waals surface area (Å²) in [6.07, 6.45) is 3.94. The first-order chi connectivity index (χ1) is 9.92. The first kappa shape index (κ1) is 16.5. The number of rotatable bonds is 6. The highest BCUT2D eigenvalue weighted by Gasteiger charge is 2.38. The quantitative estimate of drug-likeness (QED) is 0.849. The van der Waals surface area contributed by atoms with Crippen LogP contribution in [0.4, 0.5) is 0 Å². The predicted octanol–water partition coefficient (Wildman–Crippen LogP) is 4.22. The molecule has 0 amide bonds. The van der Waals surface area contributed by atoms with Gasteiger partial charge in [0.15, 0.2) is 0 Å². The van der Waals surface area contributed by atoms with Crippen LogP contribution in [-0.2, 0) is 0 Å². The molecule has 0 radical (unpaired) electrons. The highest BCUT2D eigenvalue weighted by Crippen LogP contribution is 2.40. The molecule has 1 heterocycles. The average molecular weight is 288 g/mol. The maximum Gasteiger partial charge on any atom is 0.0359 e. The molecule has 0 aromatic heterocycles. The Labute approximate surface area is 130 Å². The van der Waals surface area contributed by atoms with Gasteiger partial charge in [0.1, 0.15) is 0 Å². The first-order valence-corrected chi connectivity index (χ1v) is 8.45. The van der Waals surface area contributed by atoms with Crippen LogP contribution in [0.15, 0.2) is 30.3 Å². The van der Waals surface area contributed by atoms with Crippen molar-refractivity contribution in [3.05, 3.63) is 35.9 Å². The highest BCUT2D eigenvalue weighted by molar-refractivity contribution is 5.20. The zero-order valence-corrected chi connectivity index (χ0v) is 14.2. The third kappa shape index (κ3) is 3.67. The molecular formula is C19H32N2. The number of nitrogens with zero attached hydrogens (tertiary/aromatic N) is 1. The fraction of sp³-hybridized carbons (Fsp3) is 0.684. The van der Waals surface area contributed by atoms with E-state index in [-0.39, 0.29) is 11.5 Å². The van der Waals surface area contributed by atoms with Crippen LogP contribution in [0.3, 0.4) is 0 Å². The maximum atomic E-state index is 6.56. The van der Waals surface area contributed by atoms with Crippen LogP contribution in [-0.4, -0.2) is 24.5 Å². The largest absolute Gasteiger partial charge is 0.323 e. The van der Waals surface area contributed by atoms with Crippen molar-refractivity contribution in [3.63, 3.8) is 0 Å². The van der Waals surface area contributed by atoms with E-state index < -0.39 is 0 Å². The Morgan fingerprint density at radius 2 is 1.81 bits per heavy atom. The van der Waals surface area contributed by atoms with Crippen LogP contribution < -0.4 is 5.73 Å². The normalized spacial score (nSPS) is 20.6. The summed E-state index contributed by atoms with van der Waals surface area (Å²) in [4.78, 5) is 2.63. The summed E-state index contributed by atoms with van der Waals surface area (Å²) >= 11 is 0. The fourth-order valence-electron chi connectivity index (χ4n) is 3.78. The molecular weight excluding hydrogens is 256 g/mol. The first-order valence-electron chi connectivity index (χ1n) is 8.45. The molecule has 2 heteroatoms. The number of benzene rings is 1. The van der Waals surface area contributed by atoms with Crippen molar-refractivity contribution in [1.29, 1.82) is 0 Å². The second-order valence-corrected chi connectivity index (χ2v) is 7.54. The minimum Gasteiger partial charge on any atom is -0.323 e. The second-order valence-electron chi connectivity index (χ2n) is 7.54. The lowest BCUT2D eigenvalue weighted by atomic mass is 9.80. The van der Waals surface area contributed by atoms with Crippen molar-refractivity contribution >= 4 is 0 Å². The molecule has 1 aliphatic heterocycles. The molecule has 0 aliphatic carbocycles. The number of nitrogens with two attached hydrogens (primary N) is 1. The lowest BCUT2D eigenvalue weighted by Gasteiger charge is -2.36. The highest BCUT2D eigenvalue weighted by atomic mass is 15.2. The van der Waals surface area contributed by atoms with Gasteiger partial charge in [-0.25, -0.2) is 0 Å². The summed E-state index contributed by atoms with van der Waals surface area (Å²) in [5.41, 5.74) is 8.45. The van der Waals surface area contributed by atoms with Gasteiger partial charge in [0.25, 0.3) is 0 Å². The standard InChI is InChI=1S/C19H32N2/c1-5-19(6-2)12-13-21(15-19)14-18(3,4)17(20)16-10-8-7-9-11-16/h7-11,17H,5-6,12-15,20H2,1-4H3. The van der Waals surface area contributed by atoms with Gasteiger partial charge in [0.05, 0.1) is 0 Å². The Morgan fingerprint density at radius 1 is 1.19 bits per heavy atom. The molecule has 118 valence electrons. The molecule has 1 atom stereocenters. The van der Waals surface area contributed by atoms with Gasteiger partial charge in [-0.3, -0.25) is 0 Å². The van der Waals surface area contributed by atoms with Crippen molar-refractivity contribution in [1.82, 2.24) is 4.90 Å². The van der Waals surface area contributed by atoms with Crippen LogP contribution >= 0.6 is 0 Å². The summed E-state index contributed by atoms with van der Waals surface area (Å²) in [6, 6.07) is 10.6. The second kappa shape index (κ2) is 6.50. The summed E-state index contributed by atoms with van der Waals surface area (Å²) in [5, 5.41) is 0. The Morgan fingerprint density at radius 3 is 2.33 bits per heavy atom. The lowest BCUT2D eigenvalue weighted by Crippen LogP contribution is -2.40. The Kier molecular flexibility index (Phi) is 5.11. The number of likely N-dealkylation sites (tertiary alicyclic amines) is 1. The zero-order chi connectivity index (χ0) is 15.5. The van der Waals surface area contributed by atoms with E-state index >= 15 is 0 Å². The molecule has 1 fully saturated rings. The van der Waals surface area contributed by atoms with Gasteiger partial charge >= 0.3 is 0 Å². The molecule has 1 aliphatic rings. The van der Waals surface area contributed by atoms with Gasteiger partial charge in [-0.2, -0.15) is 0 Å². The Hall–Kier alpha value is -0.860. The van der Waals surface area contributed by atoms with E-state index in [1.807, 2.05) is 0 Å². The molecule has 1 aromatic rings. The van der Waals surface area contributed by atoms with Crippen LogP contribution in [0, 0.1) is 10.8 Å². The average Bonchev–Trinajstić information content (AvgIpc) is 2.90. The maximum absolute atomic E-state index is 6.56. The minimum atomic E-state index is 0.0944. The fourth-order valence-corrected chi connectivity index (χ4v) is 3.78. The van der Waals surface area contributed by atoms with E-state index in [9.17, 15) is 0 Å². The number of hydrogen-bond acceptors (Lipinski definition) is 2. The van der Waals surface area contributed by atoms with E-state index in [4.69, 9.17) is 5.73 Å². The molecule has 1 saturated heterocycles. The summed E-state index contributed by atoms with van der Waals surface area (Å²) in [6.45, 7) is 12.9. The van der Waals surface area contributed by atoms with Crippen molar-refractivity contribution in [2.24, 2.45) is 16.6 Å². The van der Waals surface area contributed by atoms with E-state index in [1.54, 1.807) is 0 Å². The molecule has 0 bridgehead atoms. The van der Waals surface area contributed by atoms with Gasteiger partial charge in [-0.05, 0) is 42.2 Å². The van der Waals surface area contributed by atoms with Crippen molar-refractivity contribution in [2.75, 3.05) is 19.6 Å². The molecule has 2 N–H and O–H groups in total. The lowest BCUT2D eigenvalue weighted by molar-refractivity contribution is 0.156. The molecule has 1 unspecified atom stereocenters. The van der Waals surface area contributed by atoms with E-state index in [0.717, 1.165) is 6.54 Å². The monoisotopic (exact) mass is 288 g/mol. The zero-order valence-electron chi connectivity index (χ0n) is 14.2.